The van der Waals surface area contributed by atoms with Gasteiger partial charge in [-0.25, -0.2) is 9.02 Å². The van der Waals surface area contributed by atoms with E-state index in [4.69, 9.17) is 14.1 Å². The molecule has 0 spiro atoms. The van der Waals surface area contributed by atoms with Gasteiger partial charge in [0.2, 0.25) is 5.82 Å². The highest BCUT2D eigenvalue weighted by molar-refractivity contribution is 5.96. The highest BCUT2D eigenvalue weighted by atomic mass is 19.1. The topological polar surface area (TPSA) is 86.5 Å². The third kappa shape index (κ3) is 4.22. The number of methoxy groups -OCH3 is 1. The van der Waals surface area contributed by atoms with Crippen LogP contribution in [0.3, 0.4) is 0 Å². The molecule has 1 atom stereocenters. The van der Waals surface area contributed by atoms with Crippen LogP contribution in [0.4, 0.5) is 10.2 Å². The molecule has 1 heterocycles. The lowest BCUT2D eigenvalue weighted by molar-refractivity contribution is -0.122. The summed E-state index contributed by atoms with van der Waals surface area (Å²) < 4.78 is 28.5. The Balaban J connectivity index is 1.73. The van der Waals surface area contributed by atoms with E-state index in [0.29, 0.717) is 11.4 Å². The number of aryl methyl sites for hydroxylation is 1. The Hall–Kier alpha value is -3.42. The maximum Gasteiger partial charge on any atom is 0.266 e. The first-order chi connectivity index (χ1) is 13.0. The highest BCUT2D eigenvalue weighted by Crippen LogP contribution is 2.29. The Morgan fingerprint density at radius 3 is 2.59 bits per heavy atom. The zero-order valence-electron chi connectivity index (χ0n) is 15.0. The van der Waals surface area contributed by atoms with Crippen LogP contribution in [0.15, 0.2) is 47.1 Å². The number of ether oxygens (including phenoxy) is 2. The van der Waals surface area contributed by atoms with Crippen LogP contribution in [-0.2, 0) is 4.79 Å². The lowest BCUT2D eigenvalue weighted by atomic mass is 10.1. The molecule has 1 N–H and O–H groups in total. The molecule has 27 heavy (non-hydrogen) atoms. The lowest BCUT2D eigenvalue weighted by Crippen LogP contribution is -2.30. The molecule has 0 saturated heterocycles. The molecule has 0 aliphatic rings. The predicted molar refractivity (Wildman–Crippen MR) is 96.1 cm³/mol. The lowest BCUT2D eigenvalue weighted by Gasteiger charge is -2.14. The Morgan fingerprint density at radius 1 is 1.19 bits per heavy atom. The van der Waals surface area contributed by atoms with Crippen molar-refractivity contribution < 1.29 is 23.3 Å². The van der Waals surface area contributed by atoms with Crippen molar-refractivity contribution in [3.05, 3.63) is 53.8 Å². The van der Waals surface area contributed by atoms with Crippen molar-refractivity contribution >= 4 is 11.7 Å². The predicted octanol–water partition coefficient (Wildman–Crippen LogP) is 3.60. The van der Waals surface area contributed by atoms with Gasteiger partial charge in [-0.3, -0.25) is 4.79 Å². The summed E-state index contributed by atoms with van der Waals surface area (Å²) in [5.74, 6) is 0.471. The van der Waals surface area contributed by atoms with Crippen LogP contribution in [0, 0.1) is 12.7 Å². The van der Waals surface area contributed by atoms with Gasteiger partial charge in [-0.05, 0) is 72.2 Å². The maximum absolute atomic E-state index is 12.9. The van der Waals surface area contributed by atoms with Gasteiger partial charge >= 0.3 is 0 Å². The van der Waals surface area contributed by atoms with Gasteiger partial charge < -0.3 is 14.8 Å². The average molecular weight is 371 g/mol. The number of carbonyl (C=O) groups excluding carboxylic acids is 1. The number of aromatic nitrogens is 2. The zero-order valence-corrected chi connectivity index (χ0v) is 15.0. The molecule has 0 unspecified atom stereocenters. The van der Waals surface area contributed by atoms with Crippen molar-refractivity contribution in [1.29, 1.82) is 0 Å². The first-order valence-electron chi connectivity index (χ1n) is 8.18. The summed E-state index contributed by atoms with van der Waals surface area (Å²) in [4.78, 5) is 12.4. The van der Waals surface area contributed by atoms with Crippen molar-refractivity contribution in [3.8, 4) is 22.8 Å². The van der Waals surface area contributed by atoms with E-state index < -0.39 is 12.0 Å². The fourth-order valence-electron chi connectivity index (χ4n) is 2.47. The summed E-state index contributed by atoms with van der Waals surface area (Å²) in [6, 6.07) is 10.8. The van der Waals surface area contributed by atoms with Crippen molar-refractivity contribution in [1.82, 2.24) is 10.3 Å². The third-order valence-electron chi connectivity index (χ3n) is 3.89. The molecule has 2 aromatic carbocycles. The molecule has 0 aliphatic carbocycles. The van der Waals surface area contributed by atoms with Crippen LogP contribution < -0.4 is 14.8 Å². The number of nitrogens with zero attached hydrogens (tertiary/aromatic N) is 2. The molecule has 0 saturated carbocycles. The molecule has 3 aromatic rings. The minimum absolute atomic E-state index is 0.180. The normalized spacial score (nSPS) is 11.7. The van der Waals surface area contributed by atoms with Gasteiger partial charge in [0.15, 0.2) is 11.8 Å². The fourth-order valence-corrected chi connectivity index (χ4v) is 2.47. The van der Waals surface area contributed by atoms with Gasteiger partial charge in [0.05, 0.1) is 7.11 Å². The monoisotopic (exact) mass is 371 g/mol. The molecular weight excluding hydrogens is 353 g/mol. The van der Waals surface area contributed by atoms with E-state index >= 15 is 0 Å². The second-order valence-corrected chi connectivity index (χ2v) is 5.85. The second kappa shape index (κ2) is 7.86. The molecule has 3 rings (SSSR count). The smallest absolute Gasteiger partial charge is 0.266 e. The standard InChI is InChI=1S/C19H18FN3O4/c1-11-10-13(4-9-16(11)25-3)17-18(23-27-22-17)21-19(24)12(2)26-15-7-5-14(20)6-8-15/h4-10,12H,1-3H3,(H,21,23,24)/t12-/m0/s1. The Morgan fingerprint density at radius 2 is 1.93 bits per heavy atom. The molecule has 7 nitrogen and oxygen atoms in total. The van der Waals surface area contributed by atoms with Gasteiger partial charge in [0.1, 0.15) is 17.3 Å². The summed E-state index contributed by atoms with van der Waals surface area (Å²) in [6.07, 6.45) is -0.836. The van der Waals surface area contributed by atoms with E-state index in [0.717, 1.165) is 16.9 Å². The van der Waals surface area contributed by atoms with Gasteiger partial charge in [-0.2, -0.15) is 0 Å². The molecule has 0 radical (unpaired) electrons. The molecule has 0 aliphatic heterocycles. The van der Waals surface area contributed by atoms with E-state index in [-0.39, 0.29) is 11.6 Å². The quantitative estimate of drug-likeness (QED) is 0.712. The highest BCUT2D eigenvalue weighted by Gasteiger charge is 2.20. The number of carbonyl (C=O) groups is 1. The first kappa shape index (κ1) is 18.4. The van der Waals surface area contributed by atoms with E-state index in [1.807, 2.05) is 13.0 Å². The number of hydrogen-bond acceptors (Lipinski definition) is 6. The summed E-state index contributed by atoms with van der Waals surface area (Å²) in [5, 5.41) is 10.2. The van der Waals surface area contributed by atoms with E-state index in [1.54, 1.807) is 26.2 Å². The van der Waals surface area contributed by atoms with Gasteiger partial charge in [0.25, 0.3) is 5.91 Å². The van der Waals surface area contributed by atoms with Crippen molar-refractivity contribution in [2.24, 2.45) is 0 Å². The number of halogens is 1. The van der Waals surface area contributed by atoms with Crippen LogP contribution in [-0.4, -0.2) is 29.4 Å². The molecule has 0 bridgehead atoms. The largest absolute Gasteiger partial charge is 0.496 e. The minimum Gasteiger partial charge on any atom is -0.496 e. The van der Waals surface area contributed by atoms with Crippen molar-refractivity contribution in [2.75, 3.05) is 12.4 Å². The number of rotatable bonds is 6. The van der Waals surface area contributed by atoms with Crippen molar-refractivity contribution in [3.63, 3.8) is 0 Å². The van der Waals surface area contributed by atoms with Crippen molar-refractivity contribution in [2.45, 2.75) is 20.0 Å². The molecule has 1 aromatic heterocycles. The number of anilines is 1. The molecule has 0 fully saturated rings. The Labute approximate surface area is 155 Å². The third-order valence-corrected chi connectivity index (χ3v) is 3.89. The van der Waals surface area contributed by atoms with Gasteiger partial charge in [-0.15, -0.1) is 0 Å². The first-order valence-corrected chi connectivity index (χ1v) is 8.18. The van der Waals surface area contributed by atoms with E-state index in [9.17, 15) is 9.18 Å². The Bertz CT molecular complexity index is 940. The number of amides is 1. The molecular formula is C19H18FN3O4. The number of benzene rings is 2. The van der Waals surface area contributed by atoms with E-state index in [2.05, 4.69) is 15.6 Å². The SMILES string of the molecule is COc1ccc(-c2nonc2NC(=O)[C@H](C)Oc2ccc(F)cc2)cc1C. The fraction of sp³-hybridized carbons (Fsp3) is 0.211. The van der Waals surface area contributed by atoms with Crippen LogP contribution in [0.2, 0.25) is 0 Å². The molecule has 1 amide bonds. The van der Waals surface area contributed by atoms with Crippen LogP contribution in [0.1, 0.15) is 12.5 Å². The van der Waals surface area contributed by atoms with Crippen LogP contribution >= 0.6 is 0 Å². The molecule has 140 valence electrons. The van der Waals surface area contributed by atoms with Crippen LogP contribution in [0.5, 0.6) is 11.5 Å². The minimum atomic E-state index is -0.836. The number of hydrogen-bond donors (Lipinski definition) is 1. The summed E-state index contributed by atoms with van der Waals surface area (Å²) in [6.45, 7) is 3.47. The molecule has 8 heteroatoms. The average Bonchev–Trinajstić information content (AvgIpc) is 3.11. The maximum atomic E-state index is 12.9. The summed E-state index contributed by atoms with van der Waals surface area (Å²) >= 11 is 0. The summed E-state index contributed by atoms with van der Waals surface area (Å²) in [5.41, 5.74) is 2.02. The van der Waals surface area contributed by atoms with E-state index in [1.165, 1.54) is 24.3 Å². The van der Waals surface area contributed by atoms with Gasteiger partial charge in [-0.1, -0.05) is 0 Å². The summed E-state index contributed by atoms with van der Waals surface area (Å²) in [7, 11) is 1.59. The second-order valence-electron chi connectivity index (χ2n) is 5.85. The number of nitrogens with one attached hydrogen (secondary N) is 1. The van der Waals surface area contributed by atoms with Gasteiger partial charge in [0, 0.05) is 5.56 Å². The van der Waals surface area contributed by atoms with Crippen LogP contribution in [0.25, 0.3) is 11.3 Å². The Kier molecular flexibility index (Phi) is 5.35. The zero-order chi connectivity index (χ0) is 19.4.